The maximum Gasteiger partial charge on any atom is 0.230 e. The standard InChI is InChI=1S/C27H28N8S2/c1-4-22-17-28-27(36-22)34-32-24-10-7-20(15-19(24)3)29-31-23-9-8-21(16-18(23)2)30-33-25-11-12-26(37-25)35-13-5-6-14-35/h7-12,15-17H,4-6,13-14H2,1-3H3. The number of azo groups is 3. The van der Waals surface area contributed by atoms with E-state index in [1.54, 1.807) is 22.7 Å². The maximum absolute atomic E-state index is 4.45. The Hall–Kier alpha value is -3.63. The van der Waals surface area contributed by atoms with Crippen molar-refractivity contribution in [1.82, 2.24) is 4.98 Å². The van der Waals surface area contributed by atoms with Crippen LogP contribution in [0, 0.1) is 13.8 Å². The highest BCUT2D eigenvalue weighted by molar-refractivity contribution is 7.19. The van der Waals surface area contributed by atoms with E-state index in [2.05, 4.69) is 53.6 Å². The van der Waals surface area contributed by atoms with Crippen molar-refractivity contribution in [1.29, 1.82) is 0 Å². The average Bonchev–Trinajstić information content (AvgIpc) is 3.68. The van der Waals surface area contributed by atoms with E-state index >= 15 is 0 Å². The van der Waals surface area contributed by atoms with Crippen LogP contribution in [0.4, 0.5) is 37.9 Å². The fourth-order valence-corrected chi connectivity index (χ4v) is 5.48. The molecule has 1 saturated heterocycles. The Kier molecular flexibility index (Phi) is 7.86. The molecule has 2 aromatic heterocycles. The zero-order valence-corrected chi connectivity index (χ0v) is 22.8. The van der Waals surface area contributed by atoms with Gasteiger partial charge in [-0.3, -0.25) is 0 Å². The first-order chi connectivity index (χ1) is 18.1. The largest absolute Gasteiger partial charge is 0.363 e. The van der Waals surface area contributed by atoms with Crippen LogP contribution in [0.15, 0.2) is 85.4 Å². The number of aryl methyl sites for hydroxylation is 3. The zero-order valence-electron chi connectivity index (χ0n) is 21.1. The van der Waals surface area contributed by atoms with Crippen LogP contribution in [-0.4, -0.2) is 18.1 Å². The molecule has 0 radical (unpaired) electrons. The van der Waals surface area contributed by atoms with Gasteiger partial charge < -0.3 is 4.90 Å². The lowest BCUT2D eigenvalue weighted by molar-refractivity contribution is 0.949. The van der Waals surface area contributed by atoms with Crippen LogP contribution in [0.5, 0.6) is 0 Å². The quantitative estimate of drug-likeness (QED) is 0.213. The van der Waals surface area contributed by atoms with Gasteiger partial charge in [-0.25, -0.2) is 4.98 Å². The highest BCUT2D eigenvalue weighted by Gasteiger charge is 2.14. The molecule has 0 spiro atoms. The van der Waals surface area contributed by atoms with Gasteiger partial charge in [-0.15, -0.1) is 20.5 Å². The summed E-state index contributed by atoms with van der Waals surface area (Å²) in [5, 5.41) is 29.2. The molecular weight excluding hydrogens is 500 g/mol. The van der Waals surface area contributed by atoms with E-state index in [-0.39, 0.29) is 0 Å². The smallest absolute Gasteiger partial charge is 0.230 e. The average molecular weight is 529 g/mol. The highest BCUT2D eigenvalue weighted by Crippen LogP contribution is 2.35. The zero-order chi connectivity index (χ0) is 25.6. The lowest BCUT2D eigenvalue weighted by atomic mass is 10.2. The minimum atomic E-state index is 0.667. The number of thiophene rings is 1. The fourth-order valence-electron chi connectivity index (χ4n) is 3.93. The molecule has 0 bridgehead atoms. The molecule has 5 rings (SSSR count). The van der Waals surface area contributed by atoms with E-state index in [1.165, 1.54) is 22.7 Å². The van der Waals surface area contributed by atoms with Gasteiger partial charge in [-0.1, -0.05) is 29.6 Å². The van der Waals surface area contributed by atoms with Crippen molar-refractivity contribution in [2.24, 2.45) is 30.7 Å². The summed E-state index contributed by atoms with van der Waals surface area (Å²) in [6.07, 6.45) is 5.33. The van der Waals surface area contributed by atoms with Crippen molar-refractivity contribution in [3.8, 4) is 0 Å². The summed E-state index contributed by atoms with van der Waals surface area (Å²) in [4.78, 5) is 7.89. The Balaban J connectivity index is 1.22. The van der Waals surface area contributed by atoms with Gasteiger partial charge in [-0.05, 0) is 92.8 Å². The van der Waals surface area contributed by atoms with Crippen LogP contribution >= 0.6 is 22.7 Å². The predicted molar refractivity (Wildman–Crippen MR) is 152 cm³/mol. The minimum absolute atomic E-state index is 0.667. The number of nitrogens with zero attached hydrogens (tertiary/aromatic N) is 8. The summed E-state index contributed by atoms with van der Waals surface area (Å²) < 4.78 is 0. The number of thiazole rings is 1. The molecule has 0 N–H and O–H groups in total. The van der Waals surface area contributed by atoms with Crippen molar-refractivity contribution >= 4 is 60.6 Å². The molecule has 188 valence electrons. The van der Waals surface area contributed by atoms with Crippen LogP contribution in [0.2, 0.25) is 0 Å². The predicted octanol–water partition coefficient (Wildman–Crippen LogP) is 10.2. The SMILES string of the molecule is CCc1cnc(N=Nc2ccc(N=Nc3ccc(N=Nc4ccc(N5CCCC5)s4)cc3C)cc2C)s1. The number of aromatic nitrogens is 1. The molecule has 0 amide bonds. The molecule has 0 atom stereocenters. The Bertz CT molecular complexity index is 1460. The molecule has 1 aliphatic rings. The Morgan fingerprint density at radius 2 is 1.41 bits per heavy atom. The topological polar surface area (TPSA) is 90.3 Å². The van der Waals surface area contributed by atoms with Crippen LogP contribution in [0.1, 0.15) is 35.8 Å². The summed E-state index contributed by atoms with van der Waals surface area (Å²) in [6, 6.07) is 15.7. The molecule has 0 saturated carbocycles. The minimum Gasteiger partial charge on any atom is -0.363 e. The molecule has 3 heterocycles. The first kappa shape index (κ1) is 25.0. The van der Waals surface area contributed by atoms with Crippen molar-refractivity contribution in [2.45, 2.75) is 40.0 Å². The Morgan fingerprint density at radius 1 is 0.757 bits per heavy atom. The lowest BCUT2D eigenvalue weighted by Crippen LogP contribution is -2.15. The van der Waals surface area contributed by atoms with Gasteiger partial charge in [0.25, 0.3) is 0 Å². The molecule has 37 heavy (non-hydrogen) atoms. The third-order valence-electron chi connectivity index (χ3n) is 6.03. The van der Waals surface area contributed by atoms with Gasteiger partial charge in [0.05, 0.1) is 27.8 Å². The van der Waals surface area contributed by atoms with E-state index in [4.69, 9.17) is 0 Å². The van der Waals surface area contributed by atoms with Crippen molar-refractivity contribution in [3.63, 3.8) is 0 Å². The molecule has 2 aromatic carbocycles. The van der Waals surface area contributed by atoms with Gasteiger partial charge in [0.15, 0.2) is 0 Å². The second kappa shape index (κ2) is 11.6. The van der Waals surface area contributed by atoms with Crippen molar-refractivity contribution in [2.75, 3.05) is 18.0 Å². The van der Waals surface area contributed by atoms with E-state index in [1.807, 2.05) is 62.5 Å². The molecule has 1 aliphatic heterocycles. The van der Waals surface area contributed by atoms with Crippen molar-refractivity contribution < 1.29 is 0 Å². The van der Waals surface area contributed by atoms with Gasteiger partial charge in [0.1, 0.15) is 5.00 Å². The summed E-state index contributed by atoms with van der Waals surface area (Å²) in [5.74, 6) is 0. The second-order valence-electron chi connectivity index (χ2n) is 8.81. The summed E-state index contributed by atoms with van der Waals surface area (Å²) >= 11 is 3.24. The van der Waals surface area contributed by atoms with E-state index in [9.17, 15) is 0 Å². The summed E-state index contributed by atoms with van der Waals surface area (Å²) in [6.45, 7) is 8.35. The number of hydrogen-bond donors (Lipinski definition) is 0. The van der Waals surface area contributed by atoms with Gasteiger partial charge in [0, 0.05) is 24.2 Å². The third kappa shape index (κ3) is 6.39. The second-order valence-corrected chi connectivity index (χ2v) is 10.9. The lowest BCUT2D eigenvalue weighted by Gasteiger charge is -2.13. The summed E-state index contributed by atoms with van der Waals surface area (Å²) in [7, 11) is 0. The van der Waals surface area contributed by atoms with Crippen LogP contribution in [-0.2, 0) is 6.42 Å². The first-order valence-corrected chi connectivity index (χ1v) is 14.0. The van der Waals surface area contributed by atoms with Gasteiger partial charge in [-0.2, -0.15) is 10.2 Å². The van der Waals surface area contributed by atoms with Crippen molar-refractivity contribution in [3.05, 3.63) is 70.7 Å². The number of benzene rings is 2. The Labute approximate surface area is 224 Å². The van der Waals surface area contributed by atoms with Crippen LogP contribution < -0.4 is 4.90 Å². The van der Waals surface area contributed by atoms with E-state index in [0.29, 0.717) is 5.13 Å². The maximum atomic E-state index is 4.45. The van der Waals surface area contributed by atoms with E-state index < -0.39 is 0 Å². The number of anilines is 1. The number of rotatable bonds is 8. The Morgan fingerprint density at radius 3 is 2.03 bits per heavy atom. The normalized spacial score (nSPS) is 14.2. The fraction of sp³-hybridized carbons (Fsp3) is 0.296. The molecule has 1 fully saturated rings. The molecular formula is C27H28N8S2. The molecule has 10 heteroatoms. The molecule has 0 aliphatic carbocycles. The van der Waals surface area contributed by atoms with Crippen LogP contribution in [0.3, 0.4) is 0 Å². The summed E-state index contributed by atoms with van der Waals surface area (Å²) in [5.41, 5.74) is 5.10. The molecule has 0 unspecified atom stereocenters. The highest BCUT2D eigenvalue weighted by atomic mass is 32.1. The first-order valence-electron chi connectivity index (χ1n) is 12.3. The van der Waals surface area contributed by atoms with Gasteiger partial charge in [0.2, 0.25) is 5.13 Å². The third-order valence-corrected chi connectivity index (χ3v) is 8.08. The van der Waals surface area contributed by atoms with E-state index in [0.717, 1.165) is 58.4 Å². The van der Waals surface area contributed by atoms with Gasteiger partial charge >= 0.3 is 0 Å². The molecule has 4 aromatic rings. The van der Waals surface area contributed by atoms with Crippen LogP contribution in [0.25, 0.3) is 0 Å². The monoisotopic (exact) mass is 528 g/mol. The molecule has 8 nitrogen and oxygen atoms in total. The number of hydrogen-bond acceptors (Lipinski definition) is 10.